The molecular formula is C11H6Cl2FN3O. The summed E-state index contributed by atoms with van der Waals surface area (Å²) in [7, 11) is 0. The topological polar surface area (TPSA) is 54.9 Å². The summed E-state index contributed by atoms with van der Waals surface area (Å²) in [6.45, 7) is 0. The second-order valence-corrected chi connectivity index (χ2v) is 4.01. The maximum atomic E-state index is 13.2. The molecule has 2 rings (SSSR count). The lowest BCUT2D eigenvalue weighted by atomic mass is 10.2. The number of rotatable bonds is 2. The Kier molecular flexibility index (Phi) is 3.74. The highest BCUT2D eigenvalue weighted by molar-refractivity contribution is 6.35. The van der Waals surface area contributed by atoms with Gasteiger partial charge in [0.05, 0.1) is 17.4 Å². The third-order valence-electron chi connectivity index (χ3n) is 2.05. The van der Waals surface area contributed by atoms with Gasteiger partial charge < -0.3 is 5.32 Å². The smallest absolute Gasteiger partial charge is 0.258 e. The van der Waals surface area contributed by atoms with E-state index < -0.39 is 11.7 Å². The molecule has 0 saturated carbocycles. The summed E-state index contributed by atoms with van der Waals surface area (Å²) in [5, 5.41) is 1.97. The van der Waals surface area contributed by atoms with E-state index in [1.165, 1.54) is 6.20 Å². The number of carbonyl (C=O) groups is 1. The van der Waals surface area contributed by atoms with Crippen molar-refractivity contribution < 1.29 is 9.18 Å². The molecule has 0 aromatic carbocycles. The van der Waals surface area contributed by atoms with Crippen LogP contribution in [-0.2, 0) is 0 Å². The highest BCUT2D eigenvalue weighted by atomic mass is 35.5. The molecule has 0 aliphatic rings. The molecule has 0 saturated heterocycles. The predicted molar refractivity (Wildman–Crippen MR) is 66.4 cm³/mol. The van der Waals surface area contributed by atoms with Crippen LogP contribution in [0.1, 0.15) is 10.4 Å². The average molecular weight is 286 g/mol. The second-order valence-electron chi connectivity index (χ2n) is 3.30. The van der Waals surface area contributed by atoms with Crippen molar-refractivity contribution in [2.24, 2.45) is 0 Å². The molecule has 0 bridgehead atoms. The lowest BCUT2D eigenvalue weighted by Gasteiger charge is -2.06. The van der Waals surface area contributed by atoms with Crippen molar-refractivity contribution in [3.05, 3.63) is 52.3 Å². The minimum absolute atomic E-state index is 0.0950. The second kappa shape index (κ2) is 5.29. The van der Waals surface area contributed by atoms with Gasteiger partial charge in [0.15, 0.2) is 11.0 Å². The van der Waals surface area contributed by atoms with E-state index in [2.05, 4.69) is 15.3 Å². The molecule has 2 aromatic heterocycles. The molecule has 0 aliphatic heterocycles. The quantitative estimate of drug-likeness (QED) is 0.863. The fraction of sp³-hybridized carbons (Fsp3) is 0. The molecule has 0 radical (unpaired) electrons. The minimum atomic E-state index is -0.808. The van der Waals surface area contributed by atoms with Gasteiger partial charge in [0, 0.05) is 6.20 Å². The Balaban J connectivity index is 2.27. The van der Waals surface area contributed by atoms with Gasteiger partial charge in [0.25, 0.3) is 5.91 Å². The molecule has 0 aliphatic carbocycles. The van der Waals surface area contributed by atoms with Gasteiger partial charge in [-0.2, -0.15) is 0 Å². The van der Waals surface area contributed by atoms with Gasteiger partial charge in [-0.15, -0.1) is 0 Å². The van der Waals surface area contributed by atoms with Crippen LogP contribution in [-0.4, -0.2) is 15.9 Å². The first-order valence-electron chi connectivity index (χ1n) is 4.81. The zero-order valence-corrected chi connectivity index (χ0v) is 10.3. The Morgan fingerprint density at radius 1 is 1.33 bits per heavy atom. The van der Waals surface area contributed by atoms with Crippen molar-refractivity contribution >= 4 is 34.8 Å². The monoisotopic (exact) mass is 285 g/mol. The largest absolute Gasteiger partial charge is 0.320 e. The van der Waals surface area contributed by atoms with E-state index in [0.29, 0.717) is 5.69 Å². The number of hydrogen-bond acceptors (Lipinski definition) is 3. The number of hydrogen-bond donors (Lipinski definition) is 1. The Morgan fingerprint density at radius 3 is 2.78 bits per heavy atom. The first-order chi connectivity index (χ1) is 8.58. The van der Waals surface area contributed by atoms with E-state index in [9.17, 15) is 9.18 Å². The first kappa shape index (κ1) is 12.7. The minimum Gasteiger partial charge on any atom is -0.320 e. The molecule has 7 heteroatoms. The van der Waals surface area contributed by atoms with E-state index in [4.69, 9.17) is 23.2 Å². The summed E-state index contributed by atoms with van der Waals surface area (Å²) in [4.78, 5) is 19.2. The fourth-order valence-electron chi connectivity index (χ4n) is 1.24. The van der Waals surface area contributed by atoms with Crippen LogP contribution in [0.25, 0.3) is 0 Å². The standard InChI is InChI=1S/C11H6Cl2FN3O/c12-9-7(4-8(14)10(13)17-9)11(18)16-6-2-1-3-15-5-6/h1-5H,(H,16,18). The Bertz CT molecular complexity index is 592. The number of anilines is 1. The van der Waals surface area contributed by atoms with Crippen LogP contribution < -0.4 is 5.32 Å². The van der Waals surface area contributed by atoms with Gasteiger partial charge in [-0.05, 0) is 18.2 Å². The third-order valence-corrected chi connectivity index (χ3v) is 2.60. The zero-order chi connectivity index (χ0) is 13.1. The van der Waals surface area contributed by atoms with Crippen molar-refractivity contribution in [3.63, 3.8) is 0 Å². The fourth-order valence-corrected chi connectivity index (χ4v) is 1.65. The van der Waals surface area contributed by atoms with Crippen molar-refractivity contribution in [3.8, 4) is 0 Å². The Hall–Kier alpha value is -1.72. The predicted octanol–water partition coefficient (Wildman–Crippen LogP) is 3.17. The summed E-state index contributed by atoms with van der Waals surface area (Å²) in [5.41, 5.74) is 0.372. The van der Waals surface area contributed by atoms with Gasteiger partial charge >= 0.3 is 0 Å². The lowest BCUT2D eigenvalue weighted by molar-refractivity contribution is 0.102. The molecule has 1 amide bonds. The number of halogens is 3. The molecule has 4 nitrogen and oxygen atoms in total. The summed E-state index contributed by atoms with van der Waals surface area (Å²) in [6.07, 6.45) is 3.01. The third kappa shape index (κ3) is 2.75. The molecule has 2 aromatic rings. The molecular weight excluding hydrogens is 280 g/mol. The lowest BCUT2D eigenvalue weighted by Crippen LogP contribution is -2.13. The van der Waals surface area contributed by atoms with Gasteiger partial charge in [0.2, 0.25) is 0 Å². The average Bonchev–Trinajstić information content (AvgIpc) is 2.35. The van der Waals surface area contributed by atoms with E-state index in [0.717, 1.165) is 6.07 Å². The zero-order valence-electron chi connectivity index (χ0n) is 8.82. The molecule has 0 spiro atoms. The van der Waals surface area contributed by atoms with Crippen molar-refractivity contribution in [2.75, 3.05) is 5.32 Å². The summed E-state index contributed by atoms with van der Waals surface area (Å²) >= 11 is 11.2. The van der Waals surface area contributed by atoms with Gasteiger partial charge in [0.1, 0.15) is 5.15 Å². The summed E-state index contributed by atoms with van der Waals surface area (Å²) in [6, 6.07) is 4.22. The van der Waals surface area contributed by atoms with E-state index >= 15 is 0 Å². The molecule has 1 N–H and O–H groups in total. The molecule has 92 valence electrons. The van der Waals surface area contributed by atoms with Crippen LogP contribution in [0, 0.1) is 5.82 Å². The summed E-state index contributed by atoms with van der Waals surface area (Å²) in [5.74, 6) is -1.39. The number of carbonyl (C=O) groups excluding carboxylic acids is 1. The van der Waals surface area contributed by atoms with Crippen molar-refractivity contribution in [2.45, 2.75) is 0 Å². The van der Waals surface area contributed by atoms with Crippen LogP contribution in [0.4, 0.5) is 10.1 Å². The highest BCUT2D eigenvalue weighted by Crippen LogP contribution is 2.21. The van der Waals surface area contributed by atoms with E-state index in [1.807, 2.05) is 0 Å². The van der Waals surface area contributed by atoms with Gasteiger partial charge in [-0.3, -0.25) is 9.78 Å². The molecule has 0 fully saturated rings. The van der Waals surface area contributed by atoms with E-state index in [-0.39, 0.29) is 15.9 Å². The normalized spacial score (nSPS) is 10.2. The number of nitrogens with zero attached hydrogens (tertiary/aromatic N) is 2. The van der Waals surface area contributed by atoms with Crippen LogP contribution in [0.3, 0.4) is 0 Å². The number of amides is 1. The van der Waals surface area contributed by atoms with Crippen molar-refractivity contribution in [1.29, 1.82) is 0 Å². The Morgan fingerprint density at radius 2 is 2.11 bits per heavy atom. The SMILES string of the molecule is O=C(Nc1cccnc1)c1cc(F)c(Cl)nc1Cl. The number of pyridine rings is 2. The number of aromatic nitrogens is 2. The molecule has 0 atom stereocenters. The van der Waals surface area contributed by atoms with Crippen molar-refractivity contribution in [1.82, 2.24) is 9.97 Å². The highest BCUT2D eigenvalue weighted by Gasteiger charge is 2.15. The van der Waals surface area contributed by atoms with Crippen LogP contribution in [0.2, 0.25) is 10.3 Å². The van der Waals surface area contributed by atoms with Crippen LogP contribution in [0.15, 0.2) is 30.6 Å². The maximum absolute atomic E-state index is 13.2. The van der Waals surface area contributed by atoms with Gasteiger partial charge in [-0.1, -0.05) is 23.2 Å². The first-order valence-corrected chi connectivity index (χ1v) is 5.56. The summed E-state index contributed by atoms with van der Waals surface area (Å²) < 4.78 is 13.2. The number of nitrogens with one attached hydrogen (secondary N) is 1. The maximum Gasteiger partial charge on any atom is 0.258 e. The van der Waals surface area contributed by atoms with Crippen LogP contribution >= 0.6 is 23.2 Å². The molecule has 0 unspecified atom stereocenters. The molecule has 18 heavy (non-hydrogen) atoms. The molecule has 2 heterocycles. The van der Waals surface area contributed by atoms with E-state index in [1.54, 1.807) is 18.3 Å². The van der Waals surface area contributed by atoms with Gasteiger partial charge in [-0.25, -0.2) is 9.37 Å². The Labute approximate surface area is 112 Å². The van der Waals surface area contributed by atoms with Crippen LogP contribution in [0.5, 0.6) is 0 Å².